The number of rotatable bonds is 2. The molecule has 2 heterocycles. The zero-order valence-corrected chi connectivity index (χ0v) is 12.0. The third-order valence-electron chi connectivity index (χ3n) is 3.64. The van der Waals surface area contributed by atoms with Gasteiger partial charge in [-0.1, -0.05) is 35.5 Å². The first-order chi connectivity index (χ1) is 10.3. The molecule has 5 heteroatoms. The third kappa shape index (κ3) is 2.10. The predicted molar refractivity (Wildman–Crippen MR) is 83.2 cm³/mol. The van der Waals surface area contributed by atoms with Crippen LogP contribution in [-0.2, 0) is 0 Å². The Hall–Kier alpha value is -2.27. The molecule has 2 aromatic carbocycles. The molecule has 0 radical (unpaired) electrons. The van der Waals surface area contributed by atoms with Crippen LogP contribution in [0.2, 0.25) is 0 Å². The van der Waals surface area contributed by atoms with Crippen molar-refractivity contribution in [3.8, 4) is 11.4 Å². The summed E-state index contributed by atoms with van der Waals surface area (Å²) in [5, 5.41) is 4.09. The monoisotopic (exact) mass is 295 g/mol. The lowest BCUT2D eigenvalue weighted by molar-refractivity contribution is 0.372. The first kappa shape index (κ1) is 12.5. The molecule has 1 unspecified atom stereocenters. The molecule has 0 spiro atoms. The smallest absolute Gasteiger partial charge is 0.235 e. The summed E-state index contributed by atoms with van der Waals surface area (Å²) in [6.45, 7) is 0. The molecular weight excluding hydrogens is 282 g/mol. The van der Waals surface area contributed by atoms with Crippen LogP contribution < -0.4 is 5.73 Å². The highest BCUT2D eigenvalue weighted by molar-refractivity contribution is 7.99. The zero-order valence-electron chi connectivity index (χ0n) is 11.2. The summed E-state index contributed by atoms with van der Waals surface area (Å²) < 4.78 is 5.48. The average Bonchev–Trinajstić information content (AvgIpc) is 3.14. The van der Waals surface area contributed by atoms with Crippen LogP contribution in [0.4, 0.5) is 5.69 Å². The van der Waals surface area contributed by atoms with Gasteiger partial charge in [0.25, 0.3) is 0 Å². The van der Waals surface area contributed by atoms with Gasteiger partial charge in [0.1, 0.15) is 0 Å². The minimum Gasteiger partial charge on any atom is -0.398 e. The van der Waals surface area contributed by atoms with Gasteiger partial charge >= 0.3 is 0 Å². The Morgan fingerprint density at radius 1 is 1.10 bits per heavy atom. The Bertz CT molecular complexity index is 799. The number of fused-ring (bicyclic) bond motifs is 1. The molecule has 4 rings (SSSR count). The topological polar surface area (TPSA) is 64.9 Å². The molecule has 4 nitrogen and oxygen atoms in total. The lowest BCUT2D eigenvalue weighted by atomic mass is 10.0. The summed E-state index contributed by atoms with van der Waals surface area (Å²) in [6, 6.07) is 15.9. The summed E-state index contributed by atoms with van der Waals surface area (Å²) in [5.41, 5.74) is 8.70. The minimum absolute atomic E-state index is 0.164. The second-order valence-electron chi connectivity index (χ2n) is 4.94. The van der Waals surface area contributed by atoms with Crippen molar-refractivity contribution >= 4 is 17.4 Å². The van der Waals surface area contributed by atoms with Crippen LogP contribution in [0.5, 0.6) is 0 Å². The van der Waals surface area contributed by atoms with Gasteiger partial charge in [-0.25, -0.2) is 0 Å². The van der Waals surface area contributed by atoms with Gasteiger partial charge in [-0.3, -0.25) is 0 Å². The fourth-order valence-corrected chi connectivity index (χ4v) is 3.77. The highest BCUT2D eigenvalue weighted by Crippen LogP contribution is 2.42. The number of hydrogen-bond donors (Lipinski definition) is 1. The fraction of sp³-hybridized carbons (Fsp3) is 0.125. The second-order valence-corrected chi connectivity index (χ2v) is 6.01. The van der Waals surface area contributed by atoms with Gasteiger partial charge in [0.05, 0.1) is 5.92 Å². The maximum atomic E-state index is 5.97. The molecule has 1 aliphatic rings. The van der Waals surface area contributed by atoms with Gasteiger partial charge in [0.2, 0.25) is 11.7 Å². The van der Waals surface area contributed by atoms with Crippen LogP contribution in [-0.4, -0.2) is 15.9 Å². The molecule has 0 amide bonds. The Labute approximate surface area is 126 Å². The normalized spacial score (nSPS) is 16.9. The molecule has 0 aliphatic carbocycles. The summed E-state index contributed by atoms with van der Waals surface area (Å²) in [6.07, 6.45) is 0. The van der Waals surface area contributed by atoms with Gasteiger partial charge in [0.15, 0.2) is 0 Å². The fourth-order valence-electron chi connectivity index (χ4n) is 2.55. The van der Waals surface area contributed by atoms with Crippen LogP contribution >= 0.6 is 11.8 Å². The largest absolute Gasteiger partial charge is 0.398 e. The highest BCUT2D eigenvalue weighted by atomic mass is 32.2. The summed E-state index contributed by atoms with van der Waals surface area (Å²) in [4.78, 5) is 5.84. The maximum Gasteiger partial charge on any atom is 0.235 e. The molecule has 1 aromatic heterocycles. The minimum atomic E-state index is 0.164. The molecule has 21 heavy (non-hydrogen) atoms. The van der Waals surface area contributed by atoms with Gasteiger partial charge in [-0.05, 0) is 23.8 Å². The van der Waals surface area contributed by atoms with E-state index in [1.54, 1.807) is 0 Å². The van der Waals surface area contributed by atoms with E-state index in [0.29, 0.717) is 17.4 Å². The summed E-state index contributed by atoms with van der Waals surface area (Å²) in [5.74, 6) is 2.31. The van der Waals surface area contributed by atoms with Crippen molar-refractivity contribution in [3.05, 3.63) is 60.0 Å². The van der Waals surface area contributed by atoms with E-state index in [2.05, 4.69) is 28.3 Å². The molecule has 1 aliphatic heterocycles. The van der Waals surface area contributed by atoms with Crippen molar-refractivity contribution in [2.75, 3.05) is 11.5 Å². The van der Waals surface area contributed by atoms with Crippen molar-refractivity contribution in [1.82, 2.24) is 10.1 Å². The van der Waals surface area contributed by atoms with Gasteiger partial charge in [-0.15, -0.1) is 11.8 Å². The molecule has 1 atom stereocenters. The lowest BCUT2D eigenvalue weighted by Gasteiger charge is -2.04. The SMILES string of the molecule is Nc1ccccc1-c1noc(C2CSc3ccccc32)n1. The second kappa shape index (κ2) is 4.93. The summed E-state index contributed by atoms with van der Waals surface area (Å²) in [7, 11) is 0. The highest BCUT2D eigenvalue weighted by Gasteiger charge is 2.29. The molecule has 3 aromatic rings. The van der Waals surface area contributed by atoms with Crippen LogP contribution in [0, 0.1) is 0 Å². The first-order valence-corrected chi connectivity index (χ1v) is 7.71. The first-order valence-electron chi connectivity index (χ1n) is 6.73. The van der Waals surface area contributed by atoms with Crippen molar-refractivity contribution < 1.29 is 4.52 Å². The molecule has 0 saturated carbocycles. The van der Waals surface area contributed by atoms with Gasteiger partial charge < -0.3 is 10.3 Å². The number of anilines is 1. The predicted octanol–water partition coefficient (Wildman–Crippen LogP) is 3.56. The number of hydrogen-bond acceptors (Lipinski definition) is 5. The van der Waals surface area contributed by atoms with E-state index >= 15 is 0 Å². The lowest BCUT2D eigenvalue weighted by Crippen LogP contribution is -1.99. The molecule has 104 valence electrons. The van der Waals surface area contributed by atoms with E-state index in [1.807, 2.05) is 42.1 Å². The van der Waals surface area contributed by atoms with Crippen molar-refractivity contribution in [2.45, 2.75) is 10.8 Å². The Kier molecular flexibility index (Phi) is 2.93. The number of benzene rings is 2. The van der Waals surface area contributed by atoms with Crippen LogP contribution in [0.3, 0.4) is 0 Å². The van der Waals surface area contributed by atoms with E-state index in [9.17, 15) is 0 Å². The number of nitrogen functional groups attached to an aromatic ring is 1. The Morgan fingerprint density at radius 2 is 1.90 bits per heavy atom. The number of thioether (sulfide) groups is 1. The van der Waals surface area contributed by atoms with E-state index in [1.165, 1.54) is 10.5 Å². The summed E-state index contributed by atoms with van der Waals surface area (Å²) >= 11 is 1.83. The number of nitrogens with zero attached hydrogens (tertiary/aromatic N) is 2. The Balaban J connectivity index is 1.72. The molecule has 0 saturated heterocycles. The molecular formula is C16H13N3OS. The van der Waals surface area contributed by atoms with Gasteiger partial charge in [0, 0.05) is 21.9 Å². The quantitative estimate of drug-likeness (QED) is 0.732. The standard InChI is InChI=1S/C16H13N3OS/c17-13-7-3-1-6-11(13)15-18-16(20-19-15)12-9-21-14-8-4-2-5-10(12)14/h1-8,12H,9,17H2. The molecule has 2 N–H and O–H groups in total. The third-order valence-corrected chi connectivity index (χ3v) is 4.82. The van der Waals surface area contributed by atoms with Crippen LogP contribution in [0.15, 0.2) is 57.9 Å². The average molecular weight is 295 g/mol. The number of nitrogens with two attached hydrogens (primary N) is 1. The number of aromatic nitrogens is 2. The maximum absolute atomic E-state index is 5.97. The van der Waals surface area contributed by atoms with Crippen molar-refractivity contribution in [2.24, 2.45) is 0 Å². The van der Waals surface area contributed by atoms with Crippen LogP contribution in [0.25, 0.3) is 11.4 Å². The van der Waals surface area contributed by atoms with Crippen molar-refractivity contribution in [3.63, 3.8) is 0 Å². The van der Waals surface area contributed by atoms with Crippen LogP contribution in [0.1, 0.15) is 17.4 Å². The van der Waals surface area contributed by atoms with Crippen molar-refractivity contribution in [1.29, 1.82) is 0 Å². The van der Waals surface area contributed by atoms with E-state index in [0.717, 1.165) is 11.3 Å². The van der Waals surface area contributed by atoms with Gasteiger partial charge in [-0.2, -0.15) is 4.98 Å². The van der Waals surface area contributed by atoms with E-state index in [-0.39, 0.29) is 5.92 Å². The van der Waals surface area contributed by atoms with E-state index in [4.69, 9.17) is 10.3 Å². The van der Waals surface area contributed by atoms with E-state index < -0.39 is 0 Å². The zero-order chi connectivity index (χ0) is 14.2. The Morgan fingerprint density at radius 3 is 2.81 bits per heavy atom. The molecule has 0 fully saturated rings. The number of para-hydroxylation sites is 1. The molecule has 0 bridgehead atoms.